The monoisotopic (exact) mass is 307 g/mol. The van der Waals surface area contributed by atoms with E-state index in [2.05, 4.69) is 0 Å². The Balaban J connectivity index is 2.17. The minimum Gasteiger partial charge on any atom is -0.369 e. The van der Waals surface area contributed by atoms with Crippen LogP contribution in [0.25, 0.3) is 11.1 Å². The Morgan fingerprint density at radius 3 is 1.86 bits per heavy atom. The van der Waals surface area contributed by atoms with Crippen LogP contribution in [0.15, 0.2) is 48.5 Å². The van der Waals surface area contributed by atoms with E-state index < -0.39 is 18.5 Å². The summed E-state index contributed by atoms with van der Waals surface area (Å²) in [5.41, 5.74) is 7.99. The molecule has 0 aromatic heterocycles. The molecule has 0 saturated heterocycles. The highest BCUT2D eigenvalue weighted by molar-refractivity contribution is 5.81. The van der Waals surface area contributed by atoms with Crippen molar-refractivity contribution in [3.8, 4) is 11.1 Å². The molecule has 1 unspecified atom stereocenters. The normalized spacial score (nSPS) is 12.9. The van der Waals surface area contributed by atoms with Gasteiger partial charge in [-0.05, 0) is 29.2 Å². The van der Waals surface area contributed by atoms with Gasteiger partial charge >= 0.3 is 6.18 Å². The van der Waals surface area contributed by atoms with E-state index >= 15 is 0 Å². The molecule has 2 aromatic carbocycles. The molecule has 2 N–H and O–H groups in total. The Bertz CT molecular complexity index is 645. The fourth-order valence-electron chi connectivity index (χ4n) is 2.18. The van der Waals surface area contributed by atoms with E-state index in [1.54, 1.807) is 31.2 Å². The van der Waals surface area contributed by atoms with Crippen molar-refractivity contribution >= 4 is 5.91 Å². The van der Waals surface area contributed by atoms with Crippen LogP contribution in [-0.2, 0) is 11.2 Å². The van der Waals surface area contributed by atoms with Gasteiger partial charge in [-0.15, -0.1) is 0 Å². The van der Waals surface area contributed by atoms with E-state index in [0.717, 1.165) is 16.7 Å². The van der Waals surface area contributed by atoms with Crippen molar-refractivity contribution in [3.05, 3.63) is 59.7 Å². The number of rotatable bonds is 4. The van der Waals surface area contributed by atoms with Gasteiger partial charge in [-0.1, -0.05) is 48.5 Å². The molecule has 0 heterocycles. The smallest absolute Gasteiger partial charge is 0.369 e. The highest BCUT2D eigenvalue weighted by Crippen LogP contribution is 2.25. The SMILES string of the molecule is CC(C(N)=O)c1ccc(-c2ccc(CC(F)(F)F)cc2)cc1. The Hall–Kier alpha value is -2.30. The fraction of sp³-hybridized carbons (Fsp3) is 0.235. The lowest BCUT2D eigenvalue weighted by Crippen LogP contribution is -2.18. The number of nitrogens with two attached hydrogens (primary N) is 1. The third-order valence-corrected chi connectivity index (χ3v) is 3.53. The van der Waals surface area contributed by atoms with Crippen LogP contribution in [0, 0.1) is 0 Å². The largest absolute Gasteiger partial charge is 0.393 e. The average Bonchev–Trinajstić information content (AvgIpc) is 2.46. The summed E-state index contributed by atoms with van der Waals surface area (Å²) in [4.78, 5) is 11.1. The molecule has 2 rings (SSSR count). The number of hydrogen-bond acceptors (Lipinski definition) is 1. The lowest BCUT2D eigenvalue weighted by atomic mass is 9.96. The zero-order valence-corrected chi connectivity index (χ0v) is 12.0. The van der Waals surface area contributed by atoms with E-state index in [0.29, 0.717) is 0 Å². The Kier molecular flexibility index (Phi) is 4.54. The molecule has 0 aliphatic carbocycles. The van der Waals surface area contributed by atoms with E-state index in [4.69, 9.17) is 5.73 Å². The molecule has 1 amide bonds. The Morgan fingerprint density at radius 2 is 1.45 bits per heavy atom. The van der Waals surface area contributed by atoms with Gasteiger partial charge < -0.3 is 5.73 Å². The first-order chi connectivity index (χ1) is 10.3. The number of halogens is 3. The van der Waals surface area contributed by atoms with Crippen molar-refractivity contribution < 1.29 is 18.0 Å². The molecule has 0 aliphatic heterocycles. The van der Waals surface area contributed by atoms with Gasteiger partial charge in [0.05, 0.1) is 12.3 Å². The lowest BCUT2D eigenvalue weighted by Gasteiger charge is -2.10. The Labute approximate surface area is 126 Å². The van der Waals surface area contributed by atoms with Crippen LogP contribution in [0.5, 0.6) is 0 Å². The first-order valence-corrected chi connectivity index (χ1v) is 6.81. The molecule has 2 aromatic rings. The molecule has 0 saturated carbocycles. The summed E-state index contributed by atoms with van der Waals surface area (Å²) in [6.07, 6.45) is -5.13. The number of amides is 1. The van der Waals surface area contributed by atoms with Crippen molar-refractivity contribution in [1.29, 1.82) is 0 Å². The minimum atomic E-state index is -4.20. The maximum atomic E-state index is 12.3. The van der Waals surface area contributed by atoms with Crippen molar-refractivity contribution in [2.75, 3.05) is 0 Å². The molecule has 0 spiro atoms. The number of hydrogen-bond donors (Lipinski definition) is 1. The van der Waals surface area contributed by atoms with Crippen LogP contribution >= 0.6 is 0 Å². The summed E-state index contributed by atoms with van der Waals surface area (Å²) >= 11 is 0. The summed E-state index contributed by atoms with van der Waals surface area (Å²) < 4.78 is 36.9. The number of carbonyl (C=O) groups is 1. The molecule has 116 valence electrons. The molecule has 0 bridgehead atoms. The van der Waals surface area contributed by atoms with Gasteiger partial charge in [0.2, 0.25) is 5.91 Å². The highest BCUT2D eigenvalue weighted by atomic mass is 19.4. The van der Waals surface area contributed by atoms with Gasteiger partial charge in [-0.25, -0.2) is 0 Å². The van der Waals surface area contributed by atoms with Gasteiger partial charge in [-0.3, -0.25) is 4.79 Å². The average molecular weight is 307 g/mol. The number of carbonyl (C=O) groups excluding carboxylic acids is 1. The van der Waals surface area contributed by atoms with E-state index in [1.165, 1.54) is 12.1 Å². The van der Waals surface area contributed by atoms with Gasteiger partial charge in [0.15, 0.2) is 0 Å². The van der Waals surface area contributed by atoms with Crippen molar-refractivity contribution in [3.63, 3.8) is 0 Å². The maximum Gasteiger partial charge on any atom is 0.393 e. The van der Waals surface area contributed by atoms with Crippen molar-refractivity contribution in [2.24, 2.45) is 5.73 Å². The quantitative estimate of drug-likeness (QED) is 0.910. The summed E-state index contributed by atoms with van der Waals surface area (Å²) in [5.74, 6) is -0.771. The number of primary amides is 1. The molecule has 0 aliphatic rings. The fourth-order valence-corrected chi connectivity index (χ4v) is 2.18. The standard InChI is InChI=1S/C17H16F3NO/c1-11(16(21)22)13-6-8-15(9-7-13)14-4-2-12(3-5-14)10-17(18,19)20/h2-9,11H,10H2,1H3,(H2,21,22). The molecule has 0 radical (unpaired) electrons. The van der Waals surface area contributed by atoms with Crippen LogP contribution in [0.1, 0.15) is 24.0 Å². The Morgan fingerprint density at radius 1 is 1.00 bits per heavy atom. The predicted molar refractivity (Wildman–Crippen MR) is 79.2 cm³/mol. The second-order valence-electron chi connectivity index (χ2n) is 5.23. The second kappa shape index (κ2) is 6.22. The molecule has 2 nitrogen and oxygen atoms in total. The third-order valence-electron chi connectivity index (χ3n) is 3.53. The van der Waals surface area contributed by atoms with Crippen LogP contribution < -0.4 is 5.73 Å². The molecular weight excluding hydrogens is 291 g/mol. The van der Waals surface area contributed by atoms with Crippen LogP contribution in [0.2, 0.25) is 0 Å². The summed E-state index contributed by atoms with van der Waals surface area (Å²) in [5, 5.41) is 0. The van der Waals surface area contributed by atoms with E-state index in [-0.39, 0.29) is 11.5 Å². The zero-order valence-electron chi connectivity index (χ0n) is 12.0. The molecular formula is C17H16F3NO. The molecule has 1 atom stereocenters. The topological polar surface area (TPSA) is 43.1 Å². The van der Waals surface area contributed by atoms with Crippen LogP contribution in [0.3, 0.4) is 0 Å². The van der Waals surface area contributed by atoms with Crippen LogP contribution in [0.4, 0.5) is 13.2 Å². The first-order valence-electron chi connectivity index (χ1n) is 6.81. The molecule has 0 fully saturated rings. The number of alkyl halides is 3. The summed E-state index contributed by atoms with van der Waals surface area (Å²) in [6, 6.07) is 13.5. The van der Waals surface area contributed by atoms with Crippen molar-refractivity contribution in [1.82, 2.24) is 0 Å². The third kappa shape index (κ3) is 4.10. The van der Waals surface area contributed by atoms with E-state index in [1.807, 2.05) is 12.1 Å². The molecule has 5 heteroatoms. The van der Waals surface area contributed by atoms with Crippen molar-refractivity contribution in [2.45, 2.75) is 25.4 Å². The van der Waals surface area contributed by atoms with Gasteiger partial charge in [0, 0.05) is 0 Å². The minimum absolute atomic E-state index is 0.232. The van der Waals surface area contributed by atoms with Gasteiger partial charge in [-0.2, -0.15) is 13.2 Å². The van der Waals surface area contributed by atoms with Crippen LogP contribution in [-0.4, -0.2) is 12.1 Å². The summed E-state index contributed by atoms with van der Waals surface area (Å²) in [7, 11) is 0. The second-order valence-corrected chi connectivity index (χ2v) is 5.23. The van der Waals surface area contributed by atoms with E-state index in [9.17, 15) is 18.0 Å². The molecule has 22 heavy (non-hydrogen) atoms. The van der Waals surface area contributed by atoms with Gasteiger partial charge in [0.1, 0.15) is 0 Å². The lowest BCUT2D eigenvalue weighted by molar-refractivity contribution is -0.127. The highest BCUT2D eigenvalue weighted by Gasteiger charge is 2.27. The summed E-state index contributed by atoms with van der Waals surface area (Å²) in [6.45, 7) is 1.73. The zero-order chi connectivity index (χ0) is 16.3. The first kappa shape index (κ1) is 16.1. The maximum absolute atomic E-state index is 12.3. The predicted octanol–water partition coefficient (Wildman–Crippen LogP) is 4.05. The van der Waals surface area contributed by atoms with Gasteiger partial charge in [0.25, 0.3) is 0 Å². The number of benzene rings is 2.